The third kappa shape index (κ3) is 5.98. The van der Waals surface area contributed by atoms with E-state index in [0.717, 1.165) is 12.0 Å². The highest BCUT2D eigenvalue weighted by molar-refractivity contribution is 5.92. The molecule has 0 fully saturated rings. The molecule has 3 heterocycles. The van der Waals surface area contributed by atoms with Crippen molar-refractivity contribution in [2.24, 2.45) is 7.05 Å². The zero-order chi connectivity index (χ0) is 30.5. The predicted molar refractivity (Wildman–Crippen MR) is 163 cm³/mol. The number of fused-ring (bicyclic) bond motifs is 1. The van der Waals surface area contributed by atoms with E-state index in [1.165, 1.54) is 36.3 Å². The number of nitrogens with zero attached hydrogens (tertiary/aromatic N) is 6. The molecule has 0 aliphatic carbocycles. The summed E-state index contributed by atoms with van der Waals surface area (Å²) in [5.41, 5.74) is 1.99. The summed E-state index contributed by atoms with van der Waals surface area (Å²) in [6, 6.07) is 19.4. The molecule has 0 atom stereocenters. The molecule has 0 aliphatic heterocycles. The molecule has 0 radical (unpaired) electrons. The van der Waals surface area contributed by atoms with Crippen molar-refractivity contribution in [2.75, 3.05) is 13.7 Å². The predicted octanol–water partition coefficient (Wildman–Crippen LogP) is 5.59. The van der Waals surface area contributed by atoms with Gasteiger partial charge < -0.3 is 14.2 Å². The smallest absolute Gasteiger partial charge is 0.261 e. The molecule has 222 valence electrons. The van der Waals surface area contributed by atoms with Crippen LogP contribution >= 0.6 is 0 Å². The molecule has 6 rings (SSSR count). The fourth-order valence-corrected chi connectivity index (χ4v) is 4.89. The maximum absolute atomic E-state index is 15.4. The number of hydrogen-bond acceptors (Lipinski definition) is 8. The molecule has 6 aromatic rings. The fraction of sp³-hybridized carbons (Fsp3) is 0.182. The minimum atomic E-state index is -0.623. The van der Waals surface area contributed by atoms with Gasteiger partial charge in [-0.2, -0.15) is 5.10 Å². The topological polar surface area (TPSA) is 106 Å². The molecule has 0 saturated carbocycles. The Hall–Kier alpha value is -5.58. The van der Waals surface area contributed by atoms with E-state index < -0.39 is 5.82 Å². The Kier molecular flexibility index (Phi) is 8.26. The fourth-order valence-electron chi connectivity index (χ4n) is 4.89. The molecule has 10 nitrogen and oxygen atoms in total. The van der Waals surface area contributed by atoms with Gasteiger partial charge in [0.05, 0.1) is 19.3 Å². The maximum atomic E-state index is 15.4. The summed E-state index contributed by atoms with van der Waals surface area (Å²) in [7, 11) is 3.21. The van der Waals surface area contributed by atoms with Gasteiger partial charge in [-0.15, -0.1) is 0 Å². The summed E-state index contributed by atoms with van der Waals surface area (Å²) in [5, 5.41) is 4.71. The Labute approximate surface area is 252 Å². The third-order valence-electron chi connectivity index (χ3n) is 7.18. The first-order valence-electron chi connectivity index (χ1n) is 14.0. The van der Waals surface area contributed by atoms with Crippen molar-refractivity contribution in [1.29, 1.82) is 0 Å². The van der Waals surface area contributed by atoms with Crippen LogP contribution in [0.25, 0.3) is 22.0 Å². The summed E-state index contributed by atoms with van der Waals surface area (Å²) < 4.78 is 36.2. The van der Waals surface area contributed by atoms with Crippen LogP contribution in [0.3, 0.4) is 0 Å². The first kappa shape index (κ1) is 28.5. The molecule has 11 heteroatoms. The van der Waals surface area contributed by atoms with E-state index in [1.54, 1.807) is 48.5 Å². The number of benzene rings is 3. The number of rotatable bonds is 11. The molecule has 0 N–H and O–H groups in total. The van der Waals surface area contributed by atoms with Gasteiger partial charge in [-0.25, -0.2) is 14.4 Å². The van der Waals surface area contributed by atoms with Gasteiger partial charge in [-0.3, -0.25) is 19.0 Å². The van der Waals surface area contributed by atoms with Crippen molar-refractivity contribution in [3.05, 3.63) is 119 Å². The molecular weight excluding hydrogens is 563 g/mol. The highest BCUT2D eigenvalue weighted by Crippen LogP contribution is 2.39. The van der Waals surface area contributed by atoms with Gasteiger partial charge in [-0.1, -0.05) is 36.4 Å². The second-order valence-corrected chi connectivity index (χ2v) is 10.0. The van der Waals surface area contributed by atoms with Crippen LogP contribution in [-0.2, 0) is 20.0 Å². The third-order valence-corrected chi connectivity index (χ3v) is 7.18. The summed E-state index contributed by atoms with van der Waals surface area (Å²) in [6.45, 7) is 1.10. The number of halogens is 1. The number of pyridine rings is 1. The lowest BCUT2D eigenvalue weighted by molar-refractivity contribution is 0.281. The summed E-state index contributed by atoms with van der Waals surface area (Å²) in [4.78, 5) is 26.1. The van der Waals surface area contributed by atoms with Crippen LogP contribution < -0.4 is 19.8 Å². The van der Waals surface area contributed by atoms with E-state index in [9.17, 15) is 4.79 Å². The standard InChI is InChI=1S/C33H29FN6O4/c1-39-30(17-22-7-4-3-5-8-22)37-19-25(33(39)41)23-9-11-28(26(34)18-23)44-27-13-14-36-31-24(27)10-12-29(32(31)42-2)43-16-6-15-40-21-35-20-38-40/h3-5,7-14,18-21H,6,15-17H2,1-2H3. The highest BCUT2D eigenvalue weighted by atomic mass is 19.1. The SMILES string of the molecule is COc1c(OCCCn2cncn2)ccc2c(Oc3ccc(-c4cnc(Cc5ccccc5)n(C)c4=O)cc3F)ccnc12. The average Bonchev–Trinajstić information content (AvgIpc) is 3.57. The monoisotopic (exact) mass is 592 g/mol. The van der Waals surface area contributed by atoms with E-state index in [4.69, 9.17) is 14.2 Å². The van der Waals surface area contributed by atoms with E-state index in [-0.39, 0.29) is 11.3 Å². The molecule has 3 aromatic carbocycles. The van der Waals surface area contributed by atoms with Gasteiger partial charge in [0.1, 0.15) is 29.7 Å². The maximum Gasteiger partial charge on any atom is 0.261 e. The van der Waals surface area contributed by atoms with Crippen LogP contribution in [0.15, 0.2) is 96.6 Å². The van der Waals surface area contributed by atoms with Crippen molar-refractivity contribution in [3.8, 4) is 34.1 Å². The highest BCUT2D eigenvalue weighted by Gasteiger charge is 2.17. The van der Waals surface area contributed by atoms with Crippen LogP contribution in [0.4, 0.5) is 4.39 Å². The molecule has 3 aromatic heterocycles. The van der Waals surface area contributed by atoms with Crippen molar-refractivity contribution in [3.63, 3.8) is 0 Å². The minimum absolute atomic E-state index is 0.000800. The molecule has 0 bridgehead atoms. The van der Waals surface area contributed by atoms with Crippen molar-refractivity contribution in [1.82, 2.24) is 29.3 Å². The van der Waals surface area contributed by atoms with Crippen LogP contribution in [0.5, 0.6) is 23.0 Å². The molecule has 0 saturated heterocycles. The number of methoxy groups -OCH3 is 1. The first-order chi connectivity index (χ1) is 21.5. The Balaban J connectivity index is 1.21. The first-order valence-corrected chi connectivity index (χ1v) is 14.0. The van der Waals surface area contributed by atoms with Gasteiger partial charge >= 0.3 is 0 Å². The van der Waals surface area contributed by atoms with Gasteiger partial charge in [0.15, 0.2) is 23.1 Å². The number of aromatic nitrogens is 6. The molecule has 0 aliphatic rings. The van der Waals surface area contributed by atoms with E-state index in [0.29, 0.717) is 64.7 Å². The van der Waals surface area contributed by atoms with Crippen LogP contribution in [0.1, 0.15) is 17.8 Å². The Morgan fingerprint density at radius 2 is 1.80 bits per heavy atom. The second-order valence-electron chi connectivity index (χ2n) is 10.0. The molecule has 0 spiro atoms. The second kappa shape index (κ2) is 12.7. The van der Waals surface area contributed by atoms with E-state index in [2.05, 4.69) is 20.1 Å². The molecular formula is C33H29FN6O4. The Morgan fingerprint density at radius 1 is 0.955 bits per heavy atom. The van der Waals surface area contributed by atoms with Gasteiger partial charge in [0.25, 0.3) is 5.56 Å². The molecule has 44 heavy (non-hydrogen) atoms. The van der Waals surface area contributed by atoms with Gasteiger partial charge in [0, 0.05) is 44.2 Å². The summed E-state index contributed by atoms with van der Waals surface area (Å²) in [5.74, 6) is 1.36. The largest absolute Gasteiger partial charge is 0.491 e. The van der Waals surface area contributed by atoms with Crippen LogP contribution in [0, 0.1) is 5.82 Å². The van der Waals surface area contributed by atoms with Gasteiger partial charge in [-0.05, 0) is 41.5 Å². The summed E-state index contributed by atoms with van der Waals surface area (Å²) >= 11 is 0. The Morgan fingerprint density at radius 3 is 2.57 bits per heavy atom. The zero-order valence-electron chi connectivity index (χ0n) is 24.2. The minimum Gasteiger partial charge on any atom is -0.491 e. The van der Waals surface area contributed by atoms with Crippen LogP contribution in [-0.4, -0.2) is 43.0 Å². The number of ether oxygens (including phenoxy) is 3. The Bertz CT molecular complexity index is 1960. The zero-order valence-corrected chi connectivity index (χ0v) is 24.2. The lowest BCUT2D eigenvalue weighted by Gasteiger charge is -2.15. The lowest BCUT2D eigenvalue weighted by atomic mass is 10.1. The van der Waals surface area contributed by atoms with Crippen LogP contribution in [0.2, 0.25) is 0 Å². The quantitative estimate of drug-likeness (QED) is 0.179. The summed E-state index contributed by atoms with van der Waals surface area (Å²) in [6.07, 6.45) is 7.43. The van der Waals surface area contributed by atoms with Crippen molar-refractivity contribution >= 4 is 10.9 Å². The molecule has 0 unspecified atom stereocenters. The van der Waals surface area contributed by atoms with E-state index in [1.807, 2.05) is 30.3 Å². The number of hydrogen-bond donors (Lipinski definition) is 0. The normalized spacial score (nSPS) is 11.1. The molecule has 0 amide bonds. The van der Waals surface area contributed by atoms with Gasteiger partial charge in [0.2, 0.25) is 0 Å². The lowest BCUT2D eigenvalue weighted by Crippen LogP contribution is -2.23. The van der Waals surface area contributed by atoms with Crippen molar-refractivity contribution in [2.45, 2.75) is 19.4 Å². The average molecular weight is 593 g/mol. The van der Waals surface area contributed by atoms with E-state index >= 15 is 4.39 Å². The van der Waals surface area contributed by atoms with Crippen molar-refractivity contribution < 1.29 is 18.6 Å². The number of aryl methyl sites for hydroxylation is 1.